The van der Waals surface area contributed by atoms with Crippen LogP contribution >= 0.6 is 0 Å². The predicted molar refractivity (Wildman–Crippen MR) is 84.9 cm³/mol. The van der Waals surface area contributed by atoms with E-state index in [4.69, 9.17) is 4.74 Å². The topological polar surface area (TPSA) is 89.0 Å². The number of nitrogens with zero attached hydrogens (tertiary/aromatic N) is 3. The SMILES string of the molecule is O=C(NCc1cccnc1)c1cnc(NCC2CCCO2)nc1. The number of aromatic nitrogens is 3. The Balaban J connectivity index is 1.48. The molecule has 0 spiro atoms. The van der Waals surface area contributed by atoms with Gasteiger partial charge in [-0.05, 0) is 24.5 Å². The van der Waals surface area contributed by atoms with E-state index in [1.807, 2.05) is 12.1 Å². The van der Waals surface area contributed by atoms with Gasteiger partial charge in [0.15, 0.2) is 0 Å². The summed E-state index contributed by atoms with van der Waals surface area (Å²) in [5, 5.41) is 5.94. The molecule has 23 heavy (non-hydrogen) atoms. The molecule has 2 N–H and O–H groups in total. The fourth-order valence-corrected chi connectivity index (χ4v) is 2.33. The van der Waals surface area contributed by atoms with Gasteiger partial charge in [-0.1, -0.05) is 6.07 Å². The molecule has 2 aromatic rings. The molecule has 0 aliphatic carbocycles. The van der Waals surface area contributed by atoms with Crippen molar-refractivity contribution in [3.05, 3.63) is 48.0 Å². The van der Waals surface area contributed by atoms with Crippen LogP contribution in [0.2, 0.25) is 0 Å². The first-order valence-corrected chi connectivity index (χ1v) is 7.66. The molecule has 3 heterocycles. The molecule has 0 saturated carbocycles. The van der Waals surface area contributed by atoms with E-state index < -0.39 is 0 Å². The molecule has 0 radical (unpaired) electrons. The number of ether oxygens (including phenoxy) is 1. The Morgan fingerprint density at radius 1 is 1.30 bits per heavy atom. The highest BCUT2D eigenvalue weighted by Gasteiger charge is 2.15. The first kappa shape index (κ1) is 15.4. The molecule has 0 aromatic carbocycles. The molecule has 120 valence electrons. The number of carbonyl (C=O) groups is 1. The average Bonchev–Trinajstić information content (AvgIpc) is 3.13. The summed E-state index contributed by atoms with van der Waals surface area (Å²) in [7, 11) is 0. The van der Waals surface area contributed by atoms with Crippen LogP contribution in [0.3, 0.4) is 0 Å². The molecule has 1 fully saturated rings. The van der Waals surface area contributed by atoms with Crippen LogP contribution in [0, 0.1) is 0 Å². The summed E-state index contributed by atoms with van der Waals surface area (Å²) in [5.74, 6) is 0.295. The molecule has 0 bridgehead atoms. The molecular weight excluding hydrogens is 294 g/mol. The maximum Gasteiger partial charge on any atom is 0.254 e. The second-order valence-corrected chi connectivity index (χ2v) is 5.36. The lowest BCUT2D eigenvalue weighted by molar-refractivity contribution is 0.0950. The Morgan fingerprint density at radius 3 is 2.87 bits per heavy atom. The van der Waals surface area contributed by atoms with Gasteiger partial charge in [0.05, 0.1) is 11.7 Å². The Hall–Kier alpha value is -2.54. The van der Waals surface area contributed by atoms with Gasteiger partial charge in [-0.3, -0.25) is 9.78 Å². The third kappa shape index (κ3) is 4.46. The highest BCUT2D eigenvalue weighted by atomic mass is 16.5. The molecule has 1 aliphatic rings. The van der Waals surface area contributed by atoms with Crippen LogP contribution in [0.5, 0.6) is 0 Å². The van der Waals surface area contributed by atoms with Crippen molar-refractivity contribution in [3.63, 3.8) is 0 Å². The zero-order chi connectivity index (χ0) is 15.9. The van der Waals surface area contributed by atoms with Crippen LogP contribution in [0.15, 0.2) is 36.9 Å². The van der Waals surface area contributed by atoms with Crippen LogP contribution in [0.25, 0.3) is 0 Å². The van der Waals surface area contributed by atoms with Crippen LogP contribution in [-0.4, -0.2) is 40.1 Å². The zero-order valence-electron chi connectivity index (χ0n) is 12.7. The van der Waals surface area contributed by atoms with E-state index in [1.165, 1.54) is 12.4 Å². The lowest BCUT2D eigenvalue weighted by atomic mass is 10.2. The number of amides is 1. The van der Waals surface area contributed by atoms with Gasteiger partial charge in [-0.2, -0.15) is 0 Å². The second-order valence-electron chi connectivity index (χ2n) is 5.36. The van der Waals surface area contributed by atoms with E-state index in [0.29, 0.717) is 24.6 Å². The summed E-state index contributed by atoms with van der Waals surface area (Å²) >= 11 is 0. The quantitative estimate of drug-likeness (QED) is 0.838. The van der Waals surface area contributed by atoms with Gasteiger partial charge < -0.3 is 15.4 Å². The number of rotatable bonds is 6. The first-order chi connectivity index (χ1) is 11.3. The van der Waals surface area contributed by atoms with Crippen LogP contribution in [0.4, 0.5) is 5.95 Å². The molecular formula is C16H19N5O2. The third-order valence-electron chi connectivity index (χ3n) is 3.60. The largest absolute Gasteiger partial charge is 0.376 e. The molecule has 1 saturated heterocycles. The minimum atomic E-state index is -0.209. The number of hydrogen-bond donors (Lipinski definition) is 2. The van der Waals surface area contributed by atoms with Crippen molar-refractivity contribution in [2.24, 2.45) is 0 Å². The van der Waals surface area contributed by atoms with Crippen molar-refractivity contribution >= 4 is 11.9 Å². The fraction of sp³-hybridized carbons (Fsp3) is 0.375. The van der Waals surface area contributed by atoms with Crippen LogP contribution in [-0.2, 0) is 11.3 Å². The molecule has 2 aromatic heterocycles. The van der Waals surface area contributed by atoms with E-state index in [1.54, 1.807) is 12.4 Å². The van der Waals surface area contributed by atoms with Crippen molar-refractivity contribution in [2.75, 3.05) is 18.5 Å². The molecule has 7 heteroatoms. The van der Waals surface area contributed by atoms with Gasteiger partial charge in [-0.15, -0.1) is 0 Å². The smallest absolute Gasteiger partial charge is 0.254 e. The van der Waals surface area contributed by atoms with Crippen molar-refractivity contribution in [1.82, 2.24) is 20.3 Å². The van der Waals surface area contributed by atoms with Gasteiger partial charge in [0.2, 0.25) is 5.95 Å². The summed E-state index contributed by atoms with van der Waals surface area (Å²) in [4.78, 5) is 24.4. The molecule has 1 aliphatic heterocycles. The van der Waals surface area contributed by atoms with Crippen molar-refractivity contribution < 1.29 is 9.53 Å². The zero-order valence-corrected chi connectivity index (χ0v) is 12.7. The van der Waals surface area contributed by atoms with E-state index in [2.05, 4.69) is 25.6 Å². The minimum absolute atomic E-state index is 0.209. The van der Waals surface area contributed by atoms with Crippen molar-refractivity contribution in [3.8, 4) is 0 Å². The van der Waals surface area contributed by atoms with E-state index in [9.17, 15) is 4.79 Å². The summed E-state index contributed by atoms with van der Waals surface area (Å²) in [5.41, 5.74) is 1.37. The lowest BCUT2D eigenvalue weighted by Crippen LogP contribution is -2.24. The Morgan fingerprint density at radius 2 is 2.17 bits per heavy atom. The summed E-state index contributed by atoms with van der Waals surface area (Å²) < 4.78 is 5.52. The monoisotopic (exact) mass is 313 g/mol. The van der Waals surface area contributed by atoms with Gasteiger partial charge >= 0.3 is 0 Å². The highest BCUT2D eigenvalue weighted by Crippen LogP contribution is 2.12. The van der Waals surface area contributed by atoms with Gasteiger partial charge in [-0.25, -0.2) is 9.97 Å². The molecule has 1 amide bonds. The summed E-state index contributed by atoms with van der Waals surface area (Å²) in [6, 6.07) is 3.74. The maximum atomic E-state index is 12.0. The average molecular weight is 313 g/mol. The molecule has 7 nitrogen and oxygen atoms in total. The summed E-state index contributed by atoms with van der Waals surface area (Å²) in [6.45, 7) is 1.93. The van der Waals surface area contributed by atoms with Gasteiger partial charge in [0, 0.05) is 44.5 Å². The van der Waals surface area contributed by atoms with E-state index in [0.717, 1.165) is 25.0 Å². The Bertz CT molecular complexity index is 627. The Kier molecular flexibility index (Phi) is 5.10. The Labute approximate surface area is 134 Å². The molecule has 1 unspecified atom stereocenters. The van der Waals surface area contributed by atoms with Gasteiger partial charge in [0.25, 0.3) is 5.91 Å². The first-order valence-electron chi connectivity index (χ1n) is 7.66. The van der Waals surface area contributed by atoms with E-state index >= 15 is 0 Å². The van der Waals surface area contributed by atoms with Crippen LogP contribution < -0.4 is 10.6 Å². The van der Waals surface area contributed by atoms with Gasteiger partial charge in [0.1, 0.15) is 0 Å². The molecule has 1 atom stereocenters. The van der Waals surface area contributed by atoms with Crippen LogP contribution in [0.1, 0.15) is 28.8 Å². The second kappa shape index (κ2) is 7.64. The fourth-order valence-electron chi connectivity index (χ4n) is 2.33. The van der Waals surface area contributed by atoms with Crippen molar-refractivity contribution in [1.29, 1.82) is 0 Å². The van der Waals surface area contributed by atoms with Crippen molar-refractivity contribution in [2.45, 2.75) is 25.5 Å². The predicted octanol–water partition coefficient (Wildman–Crippen LogP) is 1.39. The number of carbonyl (C=O) groups excluding carboxylic acids is 1. The van der Waals surface area contributed by atoms with E-state index in [-0.39, 0.29) is 12.0 Å². The number of anilines is 1. The maximum absolute atomic E-state index is 12.0. The highest BCUT2D eigenvalue weighted by molar-refractivity contribution is 5.93. The number of pyridine rings is 1. The number of nitrogens with one attached hydrogen (secondary N) is 2. The third-order valence-corrected chi connectivity index (χ3v) is 3.60. The minimum Gasteiger partial charge on any atom is -0.376 e. The standard InChI is InChI=1S/C16H19N5O2/c22-15(18-8-12-3-1-5-17-7-12)13-9-19-16(20-10-13)21-11-14-4-2-6-23-14/h1,3,5,7,9-10,14H,2,4,6,8,11H2,(H,18,22)(H,19,20,21). The number of hydrogen-bond acceptors (Lipinski definition) is 6. The summed E-state index contributed by atoms with van der Waals surface area (Å²) in [6.07, 6.45) is 8.83. The lowest BCUT2D eigenvalue weighted by Gasteiger charge is -2.10. The normalized spacial score (nSPS) is 17.0. The molecule has 3 rings (SSSR count).